The monoisotopic (exact) mass is 360 g/mol. The van der Waals surface area contributed by atoms with Crippen molar-refractivity contribution in [3.8, 4) is 0 Å². The van der Waals surface area contributed by atoms with Gasteiger partial charge in [0.1, 0.15) is 0 Å². The molecule has 0 heterocycles. The fourth-order valence-corrected chi connectivity index (χ4v) is 0.739. The summed E-state index contributed by atoms with van der Waals surface area (Å²) < 4.78 is 0. The summed E-state index contributed by atoms with van der Waals surface area (Å²) in [5, 5.41) is 3.13. The summed E-state index contributed by atoms with van der Waals surface area (Å²) in [5.41, 5.74) is 1.34. The van der Waals surface area contributed by atoms with Gasteiger partial charge in [-0.15, -0.1) is 0 Å². The maximum absolute atomic E-state index is 3.13. The minimum absolute atomic E-state index is 0. The third-order valence-electron chi connectivity index (χ3n) is 0.807. The Labute approximate surface area is 122 Å². The fraction of sp³-hybridized carbons (Fsp3) is 0.667. The van der Waals surface area contributed by atoms with Crippen LogP contribution in [0, 0.1) is 5.41 Å². The molecule has 0 atom stereocenters. The minimum atomic E-state index is 0. The third-order valence-corrected chi connectivity index (χ3v) is 1.36. The second kappa shape index (κ2) is 22.8. The second-order valence-corrected chi connectivity index (χ2v) is 2.05. The Kier molecular flexibility index (Phi) is 60.6. The second-order valence-electron chi connectivity index (χ2n) is 1.44. The van der Waals surface area contributed by atoms with Crippen molar-refractivity contribution in [3.05, 3.63) is 11.0 Å². The third kappa shape index (κ3) is 24.5. The Morgan fingerprint density at radius 2 is 1.73 bits per heavy atom. The van der Waals surface area contributed by atoms with Crippen molar-refractivity contribution in [1.82, 2.24) is 0 Å². The van der Waals surface area contributed by atoms with E-state index in [9.17, 15) is 0 Å². The van der Waals surface area contributed by atoms with Crippen LogP contribution < -0.4 is 34.0 Å². The molecule has 0 amide bonds. The molecule has 11 heavy (non-hydrogen) atoms. The molecule has 0 aromatic carbocycles. The molecule has 0 unspecified atom stereocenters. The topological polar surface area (TPSA) is 0 Å². The first-order valence-electron chi connectivity index (χ1n) is 2.42. The fourth-order valence-electron chi connectivity index (χ4n) is 0.246. The maximum Gasteiger partial charge on any atom is 2.00 e. The van der Waals surface area contributed by atoms with Gasteiger partial charge in [0.05, 0.1) is 0 Å². The first-order valence-corrected chi connectivity index (χ1v) is 3.65. The maximum atomic E-state index is 3.13. The largest absolute Gasteiger partial charge is 2.00 e. The van der Waals surface area contributed by atoms with E-state index in [1.54, 1.807) is 11.8 Å². The molecule has 0 fully saturated rings. The number of rotatable bonds is 2. The van der Waals surface area contributed by atoms with Crippen LogP contribution in [0.1, 0.15) is 20.3 Å². The average Bonchev–Trinajstić information content (AvgIpc) is 1.68. The average molecular weight is 363 g/mol. The molecule has 0 saturated heterocycles. The van der Waals surface area contributed by atoms with Crippen molar-refractivity contribution in [2.45, 2.75) is 20.3 Å². The number of thioether (sulfide) groups is 1. The molecule has 0 radical (unpaired) electrons. The zero-order valence-electron chi connectivity index (χ0n) is 6.88. The molecule has 0 rings (SSSR count). The molecule has 0 aromatic rings. The van der Waals surface area contributed by atoms with Crippen LogP contribution in [-0.4, -0.2) is 29.3 Å². The Hall–Kier alpha value is 2.34. The van der Waals surface area contributed by atoms with Crippen molar-refractivity contribution in [3.63, 3.8) is 0 Å². The van der Waals surface area contributed by atoms with E-state index >= 15 is 0 Å². The molecule has 0 aromatic heterocycles. The van der Waals surface area contributed by atoms with Crippen molar-refractivity contribution in [2.24, 2.45) is 0 Å². The van der Waals surface area contributed by atoms with Gasteiger partial charge in [-0.25, -0.2) is 5.57 Å². The van der Waals surface area contributed by atoms with Crippen molar-refractivity contribution in [2.75, 3.05) is 6.26 Å². The zero-order chi connectivity index (χ0) is 5.70. The number of allylic oxidation sites excluding steroid dienone is 1. The van der Waals surface area contributed by atoms with Crippen LogP contribution in [0.2, 0.25) is 0 Å². The number of hydrogen-bond donors (Lipinski definition) is 0. The van der Waals surface area contributed by atoms with E-state index in [0.29, 0.717) is 0 Å². The molecule has 5 heteroatoms. The van der Waals surface area contributed by atoms with E-state index in [4.69, 9.17) is 0 Å². The van der Waals surface area contributed by atoms with Gasteiger partial charge in [0.2, 0.25) is 0 Å². The summed E-state index contributed by atoms with van der Waals surface area (Å²) >= 11 is 1.65. The van der Waals surface area contributed by atoms with Crippen LogP contribution in [0.5, 0.6) is 0 Å². The Morgan fingerprint density at radius 1 is 1.36 bits per heavy atom. The van der Waals surface area contributed by atoms with Crippen molar-refractivity contribution in [1.29, 1.82) is 0 Å². The molecule has 0 aliphatic carbocycles. The summed E-state index contributed by atoms with van der Waals surface area (Å²) in [6.45, 7) is 4.23. The van der Waals surface area contributed by atoms with E-state index in [1.165, 1.54) is 5.57 Å². The summed E-state index contributed by atoms with van der Waals surface area (Å²) in [6, 6.07) is 0. The predicted molar refractivity (Wildman–Crippen MR) is 42.0 cm³/mol. The molecule has 0 N–H and O–H groups in total. The van der Waals surface area contributed by atoms with Crippen LogP contribution in [0.3, 0.4) is 0 Å². The van der Waals surface area contributed by atoms with Gasteiger partial charge >= 0.3 is 40.1 Å². The summed E-state index contributed by atoms with van der Waals surface area (Å²) in [6.07, 6.45) is 3.15. The molecule has 0 bridgehead atoms. The molecule has 0 aliphatic heterocycles. The molecule has 68 valence electrons. The van der Waals surface area contributed by atoms with E-state index in [0.717, 1.165) is 6.42 Å². The van der Waals surface area contributed by atoms with Crippen LogP contribution in [-0.2, 0) is 17.1 Å². The minimum Gasteiger partial charge on any atom is -1.00 e. The number of halogens is 2. The van der Waals surface area contributed by atoms with Crippen molar-refractivity contribution >= 4 is 34.8 Å². The van der Waals surface area contributed by atoms with Crippen LogP contribution in [0.25, 0.3) is 0 Å². The van der Waals surface area contributed by atoms with Crippen LogP contribution in [0.4, 0.5) is 0 Å². The Bertz CT molecular complexity index is 81.0. The summed E-state index contributed by atoms with van der Waals surface area (Å²) in [5.74, 6) is 0. The molecule has 0 aliphatic rings. The summed E-state index contributed by atoms with van der Waals surface area (Å²) in [4.78, 5) is 0. The van der Waals surface area contributed by atoms with Gasteiger partial charge < -0.3 is 51.1 Å². The van der Waals surface area contributed by atoms with E-state index in [-0.39, 0.29) is 74.1 Å². The quantitative estimate of drug-likeness (QED) is 0.357. The van der Waals surface area contributed by atoms with Crippen LogP contribution >= 0.6 is 11.8 Å². The van der Waals surface area contributed by atoms with Gasteiger partial charge in [-0.05, 0) is 6.26 Å². The molecule has 0 spiro atoms. The van der Waals surface area contributed by atoms with E-state index in [1.807, 2.05) is 6.26 Å². The van der Waals surface area contributed by atoms with E-state index in [2.05, 4.69) is 19.3 Å². The first-order chi connectivity index (χ1) is 3.31. The van der Waals surface area contributed by atoms with Gasteiger partial charge in [-0.1, -0.05) is 20.3 Å². The molecular formula is C6H11Br2CuMgS. The first kappa shape index (κ1) is 29.2. The molecule has 0 nitrogen and oxygen atoms in total. The SMILES string of the molecule is CCC(C)=[C-]SC.[Br-].[Br-].[Cu+].[Mg+2]. The molecular weight excluding hydrogens is 352 g/mol. The predicted octanol–water partition coefficient (Wildman–Crippen LogP) is -3.91. The van der Waals surface area contributed by atoms with Gasteiger partial charge in [-0.3, -0.25) is 0 Å². The zero-order valence-corrected chi connectivity index (χ0v) is 13.2. The normalized spacial score (nSPS) is 7.73. The van der Waals surface area contributed by atoms with Gasteiger partial charge in [0.25, 0.3) is 0 Å². The smallest absolute Gasteiger partial charge is 1.00 e. The molecule has 0 saturated carbocycles. The van der Waals surface area contributed by atoms with Crippen molar-refractivity contribution < 1.29 is 51.0 Å². The van der Waals surface area contributed by atoms with Gasteiger partial charge in [-0.2, -0.15) is 0 Å². The van der Waals surface area contributed by atoms with Gasteiger partial charge in [0.15, 0.2) is 0 Å². The Morgan fingerprint density at radius 3 is 1.82 bits per heavy atom. The van der Waals surface area contributed by atoms with Crippen LogP contribution in [0.15, 0.2) is 5.57 Å². The number of hydrogen-bond acceptors (Lipinski definition) is 1. The Balaban J connectivity index is -0.0000000300. The standard InChI is InChI=1S/C6H11S.2BrH.Cu.Mg/c1-4-6(2)5-7-3;;;;/h4H2,1-3H3;2*1H;;/q-1;;;+1;+2/p-2. The van der Waals surface area contributed by atoms with Gasteiger partial charge in [0, 0.05) is 0 Å². The summed E-state index contributed by atoms with van der Waals surface area (Å²) in [7, 11) is 0. The van der Waals surface area contributed by atoms with E-state index < -0.39 is 0 Å².